The molecule has 0 bridgehead atoms. The van der Waals surface area contributed by atoms with Gasteiger partial charge in [0.2, 0.25) is 0 Å². The molecule has 1 rings (SSSR count). The lowest BCUT2D eigenvalue weighted by atomic mass is 9.99. The number of aromatic carboxylic acids is 1. The van der Waals surface area contributed by atoms with E-state index in [-0.39, 0.29) is 16.8 Å². The molecule has 1 aromatic carbocycles. The van der Waals surface area contributed by atoms with Gasteiger partial charge >= 0.3 is 11.9 Å². The third kappa shape index (κ3) is 3.69. The van der Waals surface area contributed by atoms with E-state index in [2.05, 4.69) is 0 Å². The molecule has 104 valence electrons. The van der Waals surface area contributed by atoms with Crippen molar-refractivity contribution >= 4 is 17.6 Å². The van der Waals surface area contributed by atoms with Crippen molar-refractivity contribution in [2.24, 2.45) is 5.73 Å². The van der Waals surface area contributed by atoms with Crippen LogP contribution in [0.25, 0.3) is 0 Å². The Morgan fingerprint density at radius 3 is 2.37 bits per heavy atom. The van der Waals surface area contributed by atoms with E-state index in [1.165, 1.54) is 12.1 Å². The highest BCUT2D eigenvalue weighted by Gasteiger charge is 2.27. The van der Waals surface area contributed by atoms with E-state index in [9.17, 15) is 9.59 Å². The molecule has 1 atom stereocenters. The van der Waals surface area contributed by atoms with Crippen molar-refractivity contribution in [1.82, 2.24) is 0 Å². The van der Waals surface area contributed by atoms with Crippen molar-refractivity contribution < 1.29 is 19.4 Å². The van der Waals surface area contributed by atoms with E-state index in [0.717, 1.165) is 0 Å². The summed E-state index contributed by atoms with van der Waals surface area (Å²) in [5, 5.41) is 9.12. The third-order valence-electron chi connectivity index (χ3n) is 2.34. The zero-order chi connectivity index (χ0) is 14.8. The number of benzene rings is 1. The van der Waals surface area contributed by atoms with Gasteiger partial charge in [0.25, 0.3) is 0 Å². The van der Waals surface area contributed by atoms with Crippen LogP contribution in [-0.2, 0) is 9.53 Å². The fraction of sp³-hybridized carbons (Fsp3) is 0.385. The smallest absolute Gasteiger partial charge is 0.338 e. The Labute approximate surface area is 111 Å². The van der Waals surface area contributed by atoms with Crippen LogP contribution in [0.2, 0.25) is 0 Å². The maximum atomic E-state index is 11.9. The number of carbonyl (C=O) groups excluding carboxylic acids is 1. The number of carboxylic acid groups (broad SMARTS) is 1. The van der Waals surface area contributed by atoms with Crippen LogP contribution >= 0.6 is 0 Å². The third-order valence-corrected chi connectivity index (χ3v) is 2.34. The van der Waals surface area contributed by atoms with Crippen LogP contribution in [0, 0.1) is 0 Å². The molecule has 0 aliphatic carbocycles. The second-order valence-electron chi connectivity index (χ2n) is 5.13. The number of esters is 1. The molecule has 0 saturated carbocycles. The van der Waals surface area contributed by atoms with Gasteiger partial charge in [0.1, 0.15) is 11.6 Å². The van der Waals surface area contributed by atoms with Crippen molar-refractivity contribution in [2.45, 2.75) is 32.4 Å². The van der Waals surface area contributed by atoms with E-state index < -0.39 is 23.6 Å². The van der Waals surface area contributed by atoms with Gasteiger partial charge in [0.05, 0.1) is 5.56 Å². The summed E-state index contributed by atoms with van der Waals surface area (Å²) in [7, 11) is 0. The summed E-state index contributed by atoms with van der Waals surface area (Å²) < 4.78 is 5.13. The van der Waals surface area contributed by atoms with Crippen molar-refractivity contribution in [2.75, 3.05) is 5.73 Å². The van der Waals surface area contributed by atoms with Crippen LogP contribution in [-0.4, -0.2) is 22.6 Å². The molecule has 6 heteroatoms. The number of carboxylic acids is 1. The first-order chi connectivity index (χ1) is 8.63. The van der Waals surface area contributed by atoms with E-state index in [1.54, 1.807) is 26.8 Å². The second kappa shape index (κ2) is 5.27. The minimum atomic E-state index is -1.23. The number of hydrogen-bond acceptors (Lipinski definition) is 5. The van der Waals surface area contributed by atoms with Gasteiger partial charge in [-0.25, -0.2) is 9.59 Å². The number of anilines is 1. The average Bonchev–Trinajstić information content (AvgIpc) is 2.24. The zero-order valence-corrected chi connectivity index (χ0v) is 11.1. The van der Waals surface area contributed by atoms with Gasteiger partial charge < -0.3 is 21.3 Å². The van der Waals surface area contributed by atoms with Gasteiger partial charge in [-0.3, -0.25) is 0 Å². The highest BCUT2D eigenvalue weighted by atomic mass is 16.6. The Bertz CT molecular complexity index is 506. The molecule has 0 spiro atoms. The molecule has 0 heterocycles. The molecule has 0 amide bonds. The van der Waals surface area contributed by atoms with Gasteiger partial charge in [-0.2, -0.15) is 0 Å². The molecule has 5 N–H and O–H groups in total. The first-order valence-corrected chi connectivity index (χ1v) is 5.73. The summed E-state index contributed by atoms with van der Waals surface area (Å²) in [6, 6.07) is 3.25. The number of carbonyl (C=O) groups is 2. The van der Waals surface area contributed by atoms with Gasteiger partial charge in [-0.15, -0.1) is 0 Å². The lowest BCUT2D eigenvalue weighted by molar-refractivity contribution is -0.156. The van der Waals surface area contributed by atoms with Crippen molar-refractivity contribution in [3.05, 3.63) is 29.3 Å². The standard InChI is InChI=1S/C13H18N2O4/c1-13(2,3)19-12(18)10(15)7-5-4-6-8(14)9(7)11(16)17/h4-6,10H,14-15H2,1-3H3,(H,16,17). The Morgan fingerprint density at radius 2 is 1.89 bits per heavy atom. The monoisotopic (exact) mass is 266 g/mol. The molecule has 0 fully saturated rings. The molecule has 0 aliphatic heterocycles. The molecule has 6 nitrogen and oxygen atoms in total. The molecule has 0 aliphatic rings. The highest BCUT2D eigenvalue weighted by molar-refractivity contribution is 5.97. The zero-order valence-electron chi connectivity index (χ0n) is 11.1. The second-order valence-corrected chi connectivity index (χ2v) is 5.13. The normalized spacial score (nSPS) is 12.8. The number of rotatable bonds is 3. The molecule has 0 saturated heterocycles. The van der Waals surface area contributed by atoms with E-state index >= 15 is 0 Å². The van der Waals surface area contributed by atoms with Crippen LogP contribution in [0.15, 0.2) is 18.2 Å². The number of ether oxygens (including phenoxy) is 1. The molecular formula is C13H18N2O4. The Kier molecular flexibility index (Phi) is 4.16. The van der Waals surface area contributed by atoms with Crippen LogP contribution in [0.1, 0.15) is 42.7 Å². The molecule has 1 unspecified atom stereocenters. The van der Waals surface area contributed by atoms with Crippen LogP contribution in [0.4, 0.5) is 5.69 Å². The molecule has 0 radical (unpaired) electrons. The van der Waals surface area contributed by atoms with Gasteiger partial charge in [0.15, 0.2) is 0 Å². The lowest BCUT2D eigenvalue weighted by Gasteiger charge is -2.23. The van der Waals surface area contributed by atoms with Crippen molar-refractivity contribution in [1.29, 1.82) is 0 Å². The Hall–Kier alpha value is -2.08. The van der Waals surface area contributed by atoms with Crippen LogP contribution < -0.4 is 11.5 Å². The quantitative estimate of drug-likeness (QED) is 0.561. The summed E-state index contributed by atoms with van der Waals surface area (Å²) in [4.78, 5) is 23.0. The minimum absolute atomic E-state index is 0.0593. The van der Waals surface area contributed by atoms with Crippen LogP contribution in [0.3, 0.4) is 0 Å². The molecular weight excluding hydrogens is 248 g/mol. The maximum Gasteiger partial charge on any atom is 0.338 e. The van der Waals surface area contributed by atoms with Crippen molar-refractivity contribution in [3.63, 3.8) is 0 Å². The summed E-state index contributed by atoms with van der Waals surface area (Å²) in [6.07, 6.45) is 0. The predicted octanol–water partition coefficient (Wildman–Crippen LogP) is 1.31. The topological polar surface area (TPSA) is 116 Å². The number of hydrogen-bond donors (Lipinski definition) is 3. The Morgan fingerprint density at radius 1 is 1.32 bits per heavy atom. The molecule has 0 aromatic heterocycles. The Balaban J connectivity index is 3.13. The SMILES string of the molecule is CC(C)(C)OC(=O)C(N)c1cccc(N)c1C(=O)O. The van der Waals surface area contributed by atoms with Gasteiger partial charge in [-0.05, 0) is 32.4 Å². The summed E-state index contributed by atoms with van der Waals surface area (Å²) in [5.41, 5.74) is 10.7. The first kappa shape index (κ1) is 15.0. The van der Waals surface area contributed by atoms with E-state index in [4.69, 9.17) is 21.3 Å². The fourth-order valence-corrected chi connectivity index (χ4v) is 1.59. The van der Waals surface area contributed by atoms with Crippen LogP contribution in [0.5, 0.6) is 0 Å². The number of nitrogens with two attached hydrogens (primary N) is 2. The van der Waals surface area contributed by atoms with Gasteiger partial charge in [0, 0.05) is 5.69 Å². The fourth-order valence-electron chi connectivity index (χ4n) is 1.59. The summed E-state index contributed by atoms with van der Waals surface area (Å²) in [5.74, 6) is -1.92. The maximum absolute atomic E-state index is 11.9. The molecule has 1 aromatic rings. The summed E-state index contributed by atoms with van der Waals surface area (Å²) >= 11 is 0. The average molecular weight is 266 g/mol. The highest BCUT2D eigenvalue weighted by Crippen LogP contribution is 2.24. The van der Waals surface area contributed by atoms with Crippen molar-refractivity contribution in [3.8, 4) is 0 Å². The molecule has 19 heavy (non-hydrogen) atoms. The largest absolute Gasteiger partial charge is 0.478 e. The summed E-state index contributed by atoms with van der Waals surface area (Å²) in [6.45, 7) is 5.11. The predicted molar refractivity (Wildman–Crippen MR) is 70.6 cm³/mol. The lowest BCUT2D eigenvalue weighted by Crippen LogP contribution is -2.32. The van der Waals surface area contributed by atoms with E-state index in [0.29, 0.717) is 0 Å². The minimum Gasteiger partial charge on any atom is -0.478 e. The van der Waals surface area contributed by atoms with Gasteiger partial charge in [-0.1, -0.05) is 12.1 Å². The first-order valence-electron chi connectivity index (χ1n) is 5.73. The van der Waals surface area contributed by atoms with E-state index in [1.807, 2.05) is 0 Å². The number of nitrogen functional groups attached to an aromatic ring is 1.